The molecule has 0 bridgehead atoms. The molecule has 1 fully saturated rings. The van der Waals surface area contributed by atoms with Gasteiger partial charge in [-0.15, -0.1) is 0 Å². The molecule has 0 radical (unpaired) electrons. The highest BCUT2D eigenvalue weighted by molar-refractivity contribution is 6.01. The standard InChI is InChI=1S/C26H28FNO3/c1-4-30-25-18(3)26-22(23(16-31-26)19-8-10-20(27)11-9-19)15-21(25)17(2)14-24(29)28-12-6-5-7-13-28/h8-11,14-16H,4-7,12-13H2,1-3H3/b17-14+. The van der Waals surface area contributed by atoms with Crippen LogP contribution in [0.2, 0.25) is 0 Å². The molecular weight excluding hydrogens is 393 g/mol. The first-order valence-electron chi connectivity index (χ1n) is 10.9. The summed E-state index contributed by atoms with van der Waals surface area (Å²) >= 11 is 0. The van der Waals surface area contributed by atoms with E-state index in [4.69, 9.17) is 9.15 Å². The Hall–Kier alpha value is -3.08. The zero-order chi connectivity index (χ0) is 22.0. The fourth-order valence-corrected chi connectivity index (χ4v) is 4.26. The number of fused-ring (bicyclic) bond motifs is 1. The van der Waals surface area contributed by atoms with Gasteiger partial charge in [-0.05, 0) is 69.4 Å². The summed E-state index contributed by atoms with van der Waals surface area (Å²) in [6, 6.07) is 8.39. The maximum Gasteiger partial charge on any atom is 0.246 e. The van der Waals surface area contributed by atoms with Gasteiger partial charge in [0.25, 0.3) is 0 Å². The van der Waals surface area contributed by atoms with Gasteiger partial charge in [-0.2, -0.15) is 0 Å². The molecule has 4 rings (SSSR count). The first-order valence-corrected chi connectivity index (χ1v) is 10.9. The van der Waals surface area contributed by atoms with Crippen LogP contribution >= 0.6 is 0 Å². The van der Waals surface area contributed by atoms with Gasteiger partial charge in [0.15, 0.2) is 0 Å². The molecular formula is C26H28FNO3. The van der Waals surface area contributed by atoms with Crippen molar-refractivity contribution in [3.63, 3.8) is 0 Å². The average molecular weight is 422 g/mol. The van der Waals surface area contributed by atoms with Gasteiger partial charge >= 0.3 is 0 Å². The lowest BCUT2D eigenvalue weighted by Crippen LogP contribution is -2.34. The van der Waals surface area contributed by atoms with Crippen LogP contribution < -0.4 is 4.74 Å². The van der Waals surface area contributed by atoms with Gasteiger partial charge in [0.2, 0.25) is 5.91 Å². The van der Waals surface area contributed by atoms with Crippen molar-refractivity contribution in [2.24, 2.45) is 0 Å². The number of ether oxygens (including phenoxy) is 1. The third-order valence-corrected chi connectivity index (χ3v) is 5.92. The first kappa shape index (κ1) is 21.2. The third kappa shape index (κ3) is 4.22. The lowest BCUT2D eigenvalue weighted by molar-refractivity contribution is -0.126. The van der Waals surface area contributed by atoms with E-state index in [0.717, 1.165) is 70.5 Å². The summed E-state index contributed by atoms with van der Waals surface area (Å²) in [7, 11) is 0. The number of likely N-dealkylation sites (tertiary alicyclic amines) is 1. The van der Waals surface area contributed by atoms with E-state index in [1.165, 1.54) is 18.6 Å². The van der Waals surface area contributed by atoms with Crippen molar-refractivity contribution in [2.75, 3.05) is 19.7 Å². The summed E-state index contributed by atoms with van der Waals surface area (Å²) in [5, 5.41) is 0.917. The minimum absolute atomic E-state index is 0.0448. The van der Waals surface area contributed by atoms with Crippen LogP contribution in [0.5, 0.6) is 5.75 Å². The molecule has 5 heteroatoms. The summed E-state index contributed by atoms with van der Waals surface area (Å²) in [4.78, 5) is 14.7. The van der Waals surface area contributed by atoms with Gasteiger partial charge in [-0.25, -0.2) is 4.39 Å². The quantitative estimate of drug-likeness (QED) is 0.450. The lowest BCUT2D eigenvalue weighted by atomic mass is 9.96. The minimum atomic E-state index is -0.276. The number of amides is 1. The fourth-order valence-electron chi connectivity index (χ4n) is 4.26. The summed E-state index contributed by atoms with van der Waals surface area (Å²) in [5.41, 5.74) is 5.12. The van der Waals surface area contributed by atoms with E-state index in [0.29, 0.717) is 6.61 Å². The zero-order valence-electron chi connectivity index (χ0n) is 18.3. The fraction of sp³-hybridized carbons (Fsp3) is 0.346. The van der Waals surface area contributed by atoms with E-state index in [1.54, 1.807) is 24.5 Å². The maximum atomic E-state index is 13.4. The summed E-state index contributed by atoms with van der Waals surface area (Å²) in [6.07, 6.45) is 6.71. The van der Waals surface area contributed by atoms with Gasteiger partial charge in [0.1, 0.15) is 17.1 Å². The van der Waals surface area contributed by atoms with Crippen LogP contribution in [0.25, 0.3) is 27.7 Å². The molecule has 31 heavy (non-hydrogen) atoms. The molecule has 0 unspecified atom stereocenters. The van der Waals surface area contributed by atoms with Gasteiger partial charge in [-0.3, -0.25) is 4.79 Å². The van der Waals surface area contributed by atoms with E-state index >= 15 is 0 Å². The number of carbonyl (C=O) groups excluding carboxylic acids is 1. The van der Waals surface area contributed by atoms with Gasteiger partial charge < -0.3 is 14.1 Å². The second-order valence-corrected chi connectivity index (χ2v) is 8.06. The smallest absolute Gasteiger partial charge is 0.246 e. The Morgan fingerprint density at radius 2 is 1.90 bits per heavy atom. The predicted octanol–water partition coefficient (Wildman–Crippen LogP) is 6.36. The topological polar surface area (TPSA) is 42.7 Å². The molecule has 1 aromatic heterocycles. The number of rotatable bonds is 5. The van der Waals surface area contributed by atoms with Crippen molar-refractivity contribution in [3.05, 3.63) is 59.6 Å². The van der Waals surface area contributed by atoms with Crippen molar-refractivity contribution in [3.8, 4) is 16.9 Å². The SMILES string of the molecule is CCOc1c(/C(C)=C/C(=O)N2CCCCC2)cc2c(-c3ccc(F)cc3)coc2c1C. The monoisotopic (exact) mass is 421 g/mol. The Labute approximate surface area is 182 Å². The van der Waals surface area contributed by atoms with Crippen molar-refractivity contribution in [1.82, 2.24) is 4.90 Å². The number of allylic oxidation sites excluding steroid dienone is 1. The predicted molar refractivity (Wildman–Crippen MR) is 122 cm³/mol. The highest BCUT2D eigenvalue weighted by Crippen LogP contribution is 2.40. The molecule has 3 aromatic rings. The first-order chi connectivity index (χ1) is 15.0. The second-order valence-electron chi connectivity index (χ2n) is 8.06. The molecule has 2 aromatic carbocycles. The highest BCUT2D eigenvalue weighted by atomic mass is 19.1. The van der Waals surface area contributed by atoms with Crippen molar-refractivity contribution >= 4 is 22.4 Å². The van der Waals surface area contributed by atoms with E-state index in [2.05, 4.69) is 0 Å². The Kier molecular flexibility index (Phi) is 6.12. The van der Waals surface area contributed by atoms with Crippen molar-refractivity contribution in [1.29, 1.82) is 0 Å². The molecule has 0 aliphatic carbocycles. The van der Waals surface area contributed by atoms with Crippen LogP contribution in [-0.4, -0.2) is 30.5 Å². The lowest BCUT2D eigenvalue weighted by Gasteiger charge is -2.25. The number of hydrogen-bond donors (Lipinski definition) is 0. The molecule has 1 aliphatic rings. The normalized spacial score (nSPS) is 14.8. The summed E-state index contributed by atoms with van der Waals surface area (Å²) in [5.74, 6) is 0.501. The molecule has 2 heterocycles. The maximum absolute atomic E-state index is 13.4. The molecule has 162 valence electrons. The van der Waals surface area contributed by atoms with Crippen LogP contribution in [0.15, 0.2) is 47.1 Å². The molecule has 0 N–H and O–H groups in total. The van der Waals surface area contributed by atoms with E-state index in [-0.39, 0.29) is 11.7 Å². The Balaban J connectivity index is 1.81. The van der Waals surface area contributed by atoms with Crippen LogP contribution in [0.3, 0.4) is 0 Å². The molecule has 1 amide bonds. The number of benzene rings is 2. The molecule has 0 atom stereocenters. The van der Waals surface area contributed by atoms with E-state index in [1.807, 2.05) is 31.7 Å². The largest absolute Gasteiger partial charge is 0.493 e. The van der Waals surface area contributed by atoms with Gasteiger partial charge in [0.05, 0.1) is 12.9 Å². The number of furan rings is 1. The van der Waals surface area contributed by atoms with Crippen LogP contribution in [0.4, 0.5) is 4.39 Å². The number of hydrogen-bond acceptors (Lipinski definition) is 3. The number of carbonyl (C=O) groups is 1. The van der Waals surface area contributed by atoms with E-state index < -0.39 is 0 Å². The molecule has 1 aliphatic heterocycles. The Morgan fingerprint density at radius 1 is 1.19 bits per heavy atom. The highest BCUT2D eigenvalue weighted by Gasteiger charge is 2.20. The van der Waals surface area contributed by atoms with Crippen LogP contribution in [0.1, 0.15) is 44.2 Å². The molecule has 1 saturated heterocycles. The van der Waals surface area contributed by atoms with Crippen molar-refractivity contribution < 1.29 is 18.3 Å². The zero-order valence-corrected chi connectivity index (χ0v) is 18.3. The number of halogens is 1. The number of aryl methyl sites for hydroxylation is 1. The van der Waals surface area contributed by atoms with Crippen LogP contribution in [0, 0.1) is 12.7 Å². The number of nitrogens with zero attached hydrogens (tertiary/aromatic N) is 1. The summed E-state index contributed by atoms with van der Waals surface area (Å²) in [6.45, 7) is 8.00. The minimum Gasteiger partial charge on any atom is -0.493 e. The molecule has 4 nitrogen and oxygen atoms in total. The van der Waals surface area contributed by atoms with Crippen LogP contribution in [-0.2, 0) is 4.79 Å². The average Bonchev–Trinajstić information content (AvgIpc) is 3.21. The third-order valence-electron chi connectivity index (χ3n) is 5.92. The molecule has 0 spiro atoms. The van der Waals surface area contributed by atoms with E-state index in [9.17, 15) is 9.18 Å². The van der Waals surface area contributed by atoms with Gasteiger partial charge in [-0.1, -0.05) is 12.1 Å². The van der Waals surface area contributed by atoms with Crippen molar-refractivity contribution in [2.45, 2.75) is 40.0 Å². The summed E-state index contributed by atoms with van der Waals surface area (Å²) < 4.78 is 25.3. The molecule has 0 saturated carbocycles. The van der Waals surface area contributed by atoms with Gasteiger partial charge in [0, 0.05) is 41.2 Å². The second kappa shape index (κ2) is 8.96. The Morgan fingerprint density at radius 3 is 2.58 bits per heavy atom. The Bertz CT molecular complexity index is 1120. The number of piperidine rings is 1.